The second kappa shape index (κ2) is 12.5. The fraction of sp³-hybridized carbons (Fsp3) is 0.303. The van der Waals surface area contributed by atoms with E-state index in [4.69, 9.17) is 0 Å². The number of nitrogens with zero attached hydrogens (tertiary/aromatic N) is 2. The van der Waals surface area contributed by atoms with Crippen molar-refractivity contribution in [1.29, 1.82) is 0 Å². The van der Waals surface area contributed by atoms with Gasteiger partial charge in [0.1, 0.15) is 11.5 Å². The fourth-order valence-electron chi connectivity index (χ4n) is 4.89. The van der Waals surface area contributed by atoms with Gasteiger partial charge in [0.25, 0.3) is 0 Å². The molecule has 0 radical (unpaired) electrons. The molecule has 0 saturated heterocycles. The predicted molar refractivity (Wildman–Crippen MR) is 156 cm³/mol. The molecule has 5 nitrogen and oxygen atoms in total. The van der Waals surface area contributed by atoms with Crippen LogP contribution >= 0.6 is 0 Å². The van der Waals surface area contributed by atoms with Crippen LogP contribution in [0, 0.1) is 6.92 Å². The topological polar surface area (TPSA) is 65.7 Å². The second-order valence-corrected chi connectivity index (χ2v) is 9.92. The van der Waals surface area contributed by atoms with E-state index in [1.807, 2.05) is 41.3 Å². The van der Waals surface area contributed by atoms with Crippen molar-refractivity contribution >= 4 is 22.9 Å². The number of fused-ring (bicyclic) bond motifs is 1. The van der Waals surface area contributed by atoms with Gasteiger partial charge < -0.3 is 19.7 Å². The number of aryl methyl sites for hydroxylation is 1. The zero-order chi connectivity index (χ0) is 27.1. The molecule has 1 aromatic heterocycles. The Labute approximate surface area is 225 Å². The summed E-state index contributed by atoms with van der Waals surface area (Å²) >= 11 is 0. The van der Waals surface area contributed by atoms with Gasteiger partial charge in [0.15, 0.2) is 0 Å². The number of phenols is 2. The van der Waals surface area contributed by atoms with Crippen LogP contribution in [0.2, 0.25) is 0 Å². The van der Waals surface area contributed by atoms with Crippen molar-refractivity contribution in [2.24, 2.45) is 0 Å². The minimum absolute atomic E-state index is 0.0760. The van der Waals surface area contributed by atoms with Crippen LogP contribution in [-0.2, 0) is 11.3 Å². The smallest absolute Gasteiger partial charge is 0.246 e. The van der Waals surface area contributed by atoms with E-state index in [1.54, 1.807) is 30.3 Å². The van der Waals surface area contributed by atoms with Crippen LogP contribution < -0.4 is 0 Å². The molecule has 0 fully saturated rings. The standard InChI is InChI=1S/C33H38N2O3/c1-4-6-20-34(21-7-5-2)32(38)19-12-25-8-10-26(11-9-25)23-35-31-18-17-29(37)22-30(31)24(3)33(35)27-13-15-28(36)16-14-27/h8-19,22,36-37H,4-7,20-21,23H2,1-3H3/b19-12+. The monoisotopic (exact) mass is 510 g/mol. The maximum absolute atomic E-state index is 12.8. The summed E-state index contributed by atoms with van der Waals surface area (Å²) in [4.78, 5) is 14.7. The van der Waals surface area contributed by atoms with Crippen LogP contribution in [0.25, 0.3) is 28.2 Å². The number of hydrogen-bond donors (Lipinski definition) is 2. The highest BCUT2D eigenvalue weighted by Crippen LogP contribution is 2.36. The van der Waals surface area contributed by atoms with Crippen LogP contribution in [0.5, 0.6) is 11.5 Å². The molecule has 0 spiro atoms. The van der Waals surface area contributed by atoms with E-state index in [0.717, 1.165) is 77.6 Å². The van der Waals surface area contributed by atoms with Crippen molar-refractivity contribution in [2.45, 2.75) is 53.0 Å². The number of benzene rings is 3. The van der Waals surface area contributed by atoms with Crippen molar-refractivity contribution < 1.29 is 15.0 Å². The largest absolute Gasteiger partial charge is 0.508 e. The SMILES string of the molecule is CCCCN(CCCC)C(=O)/C=C/c1ccc(Cn2c(-c3ccc(O)cc3)c(C)c3cc(O)ccc32)cc1. The van der Waals surface area contributed by atoms with Crippen molar-refractivity contribution in [3.8, 4) is 22.8 Å². The highest BCUT2D eigenvalue weighted by molar-refractivity contribution is 5.93. The molecule has 2 N–H and O–H groups in total. The first kappa shape index (κ1) is 27.1. The zero-order valence-corrected chi connectivity index (χ0v) is 22.7. The summed E-state index contributed by atoms with van der Waals surface area (Å²) in [6.45, 7) is 8.63. The van der Waals surface area contributed by atoms with E-state index in [0.29, 0.717) is 6.54 Å². The lowest BCUT2D eigenvalue weighted by molar-refractivity contribution is -0.126. The number of phenolic OH excluding ortho intramolecular Hbond substituents is 2. The molecule has 0 aliphatic heterocycles. The Morgan fingerprint density at radius 3 is 2.13 bits per heavy atom. The van der Waals surface area contributed by atoms with Gasteiger partial charge in [-0.25, -0.2) is 0 Å². The van der Waals surface area contributed by atoms with Gasteiger partial charge in [-0.2, -0.15) is 0 Å². The molecule has 38 heavy (non-hydrogen) atoms. The van der Waals surface area contributed by atoms with Crippen LogP contribution in [0.4, 0.5) is 0 Å². The van der Waals surface area contributed by atoms with Crippen molar-refractivity contribution in [1.82, 2.24) is 9.47 Å². The highest BCUT2D eigenvalue weighted by atomic mass is 16.3. The summed E-state index contributed by atoms with van der Waals surface area (Å²) in [5, 5.41) is 20.9. The van der Waals surface area contributed by atoms with Crippen LogP contribution in [0.3, 0.4) is 0 Å². The third-order valence-electron chi connectivity index (χ3n) is 7.05. The molecule has 0 unspecified atom stereocenters. The molecule has 4 aromatic rings. The molecule has 1 heterocycles. The fourth-order valence-corrected chi connectivity index (χ4v) is 4.89. The highest BCUT2D eigenvalue weighted by Gasteiger charge is 2.17. The molecule has 0 bridgehead atoms. The van der Waals surface area contributed by atoms with Gasteiger partial charge in [-0.15, -0.1) is 0 Å². The molecule has 4 rings (SSSR count). The number of aromatic nitrogens is 1. The number of unbranched alkanes of at least 4 members (excludes halogenated alkanes) is 2. The van der Waals surface area contributed by atoms with E-state index in [2.05, 4.69) is 37.5 Å². The Balaban J connectivity index is 1.58. The Hall–Kier alpha value is -3.99. The number of carbonyl (C=O) groups excluding carboxylic acids is 1. The second-order valence-electron chi connectivity index (χ2n) is 9.92. The van der Waals surface area contributed by atoms with Crippen LogP contribution in [0.15, 0.2) is 72.8 Å². The average Bonchev–Trinajstić information content (AvgIpc) is 3.19. The van der Waals surface area contributed by atoms with Gasteiger partial charge in [-0.1, -0.05) is 51.0 Å². The zero-order valence-electron chi connectivity index (χ0n) is 22.7. The van der Waals surface area contributed by atoms with E-state index in [9.17, 15) is 15.0 Å². The average molecular weight is 511 g/mol. The Morgan fingerprint density at radius 2 is 1.50 bits per heavy atom. The summed E-state index contributed by atoms with van der Waals surface area (Å²) < 4.78 is 2.25. The number of carbonyl (C=O) groups is 1. The molecule has 198 valence electrons. The summed E-state index contributed by atoms with van der Waals surface area (Å²) in [5.41, 5.74) is 6.30. The van der Waals surface area contributed by atoms with Gasteiger partial charge in [-0.3, -0.25) is 4.79 Å². The van der Waals surface area contributed by atoms with E-state index >= 15 is 0 Å². The van der Waals surface area contributed by atoms with Gasteiger partial charge in [0.2, 0.25) is 5.91 Å². The summed E-state index contributed by atoms with van der Waals surface area (Å²) in [7, 11) is 0. The number of rotatable bonds is 11. The number of hydrogen-bond acceptors (Lipinski definition) is 3. The Morgan fingerprint density at radius 1 is 0.868 bits per heavy atom. The first-order valence-electron chi connectivity index (χ1n) is 13.6. The molecule has 5 heteroatoms. The molecule has 0 atom stereocenters. The lowest BCUT2D eigenvalue weighted by atomic mass is 10.1. The van der Waals surface area contributed by atoms with Crippen molar-refractivity contribution in [2.75, 3.05) is 13.1 Å². The Kier molecular flexibility index (Phi) is 8.90. The number of aromatic hydroxyl groups is 2. The van der Waals surface area contributed by atoms with Gasteiger partial charge in [0, 0.05) is 36.6 Å². The normalized spacial score (nSPS) is 11.4. The van der Waals surface area contributed by atoms with Crippen LogP contribution in [0.1, 0.15) is 56.2 Å². The predicted octanol–water partition coefficient (Wildman–Crippen LogP) is 7.52. The summed E-state index contributed by atoms with van der Waals surface area (Å²) in [6, 6.07) is 21.0. The van der Waals surface area contributed by atoms with E-state index < -0.39 is 0 Å². The molecular formula is C33H38N2O3. The van der Waals surface area contributed by atoms with Gasteiger partial charge in [-0.05, 0) is 90.6 Å². The molecular weight excluding hydrogens is 472 g/mol. The third-order valence-corrected chi connectivity index (χ3v) is 7.05. The molecule has 0 aliphatic rings. The van der Waals surface area contributed by atoms with Crippen LogP contribution in [-0.4, -0.2) is 38.7 Å². The maximum atomic E-state index is 12.8. The van der Waals surface area contributed by atoms with E-state index in [1.165, 1.54) is 0 Å². The van der Waals surface area contributed by atoms with E-state index in [-0.39, 0.29) is 17.4 Å². The van der Waals surface area contributed by atoms with Crippen molar-refractivity contribution in [3.63, 3.8) is 0 Å². The first-order chi connectivity index (χ1) is 18.4. The third kappa shape index (κ3) is 6.28. The molecule has 3 aromatic carbocycles. The first-order valence-corrected chi connectivity index (χ1v) is 13.6. The van der Waals surface area contributed by atoms with Gasteiger partial charge in [0.05, 0.1) is 5.69 Å². The lowest BCUT2D eigenvalue weighted by Gasteiger charge is -2.20. The molecule has 1 amide bonds. The minimum atomic E-state index is 0.0760. The summed E-state index contributed by atoms with van der Waals surface area (Å²) in [6.07, 6.45) is 7.80. The minimum Gasteiger partial charge on any atom is -0.508 e. The molecule has 0 aliphatic carbocycles. The van der Waals surface area contributed by atoms with Gasteiger partial charge >= 0.3 is 0 Å². The van der Waals surface area contributed by atoms with Crippen molar-refractivity contribution in [3.05, 3.63) is 89.5 Å². The Bertz CT molecular complexity index is 1390. The molecule has 0 saturated carbocycles. The summed E-state index contributed by atoms with van der Waals surface area (Å²) in [5.74, 6) is 0.545. The maximum Gasteiger partial charge on any atom is 0.246 e. The quantitative estimate of drug-likeness (QED) is 0.205. The number of amides is 1. The lowest BCUT2D eigenvalue weighted by Crippen LogP contribution is -2.31.